The Hall–Kier alpha value is -1.78. The van der Waals surface area contributed by atoms with Crippen LogP contribution in [-0.4, -0.2) is 24.1 Å². The first-order chi connectivity index (χ1) is 8.02. The number of ether oxygens (including phenoxy) is 1. The van der Waals surface area contributed by atoms with Crippen molar-refractivity contribution in [3.63, 3.8) is 0 Å². The highest BCUT2D eigenvalue weighted by Gasteiger charge is 2.20. The van der Waals surface area contributed by atoms with Crippen molar-refractivity contribution in [2.75, 3.05) is 18.2 Å². The van der Waals surface area contributed by atoms with Crippen molar-refractivity contribution >= 4 is 17.5 Å². The third-order valence-corrected chi connectivity index (χ3v) is 2.30. The third kappa shape index (κ3) is 4.30. The summed E-state index contributed by atoms with van der Waals surface area (Å²) in [5.41, 5.74) is 6.13. The van der Waals surface area contributed by atoms with E-state index in [0.29, 0.717) is 23.8 Å². The summed E-state index contributed by atoms with van der Waals surface area (Å²) in [5, 5.41) is 3.05. The molecule has 1 aromatic rings. The first kappa shape index (κ1) is 13.3. The molecular formula is C12H19N3O2. The number of rotatable bonds is 5. The molecule has 0 saturated carbocycles. The van der Waals surface area contributed by atoms with Gasteiger partial charge in [-0.1, -0.05) is 13.8 Å². The lowest BCUT2D eigenvalue weighted by Gasteiger charge is -2.18. The molecule has 1 unspecified atom stereocenters. The van der Waals surface area contributed by atoms with Crippen molar-refractivity contribution in [1.82, 2.24) is 4.98 Å². The van der Waals surface area contributed by atoms with Crippen LogP contribution in [0.15, 0.2) is 18.3 Å². The van der Waals surface area contributed by atoms with E-state index in [4.69, 9.17) is 10.5 Å². The number of nitrogens with one attached hydrogen (secondary N) is 1. The van der Waals surface area contributed by atoms with Crippen LogP contribution in [0.1, 0.15) is 20.3 Å². The number of esters is 1. The summed E-state index contributed by atoms with van der Waals surface area (Å²) in [5.74, 6) is 0.730. The number of aromatic nitrogens is 1. The summed E-state index contributed by atoms with van der Waals surface area (Å²) in [7, 11) is 1.38. The lowest BCUT2D eigenvalue weighted by Crippen LogP contribution is -2.32. The fourth-order valence-electron chi connectivity index (χ4n) is 1.50. The zero-order valence-electron chi connectivity index (χ0n) is 10.4. The SMILES string of the molecule is COC(=O)C(CC(C)C)Nc1ccc(N)cn1. The van der Waals surface area contributed by atoms with Gasteiger partial charge < -0.3 is 15.8 Å². The molecule has 17 heavy (non-hydrogen) atoms. The number of anilines is 2. The standard InChI is InChI=1S/C12H19N3O2/c1-8(2)6-10(12(16)17-3)15-11-5-4-9(13)7-14-11/h4-5,7-8,10H,6,13H2,1-3H3,(H,14,15). The molecule has 1 heterocycles. The largest absolute Gasteiger partial charge is 0.467 e. The molecule has 0 amide bonds. The quantitative estimate of drug-likeness (QED) is 0.762. The zero-order chi connectivity index (χ0) is 12.8. The van der Waals surface area contributed by atoms with Gasteiger partial charge in [-0.3, -0.25) is 0 Å². The van der Waals surface area contributed by atoms with E-state index in [0.717, 1.165) is 0 Å². The van der Waals surface area contributed by atoms with Crippen molar-refractivity contribution in [3.05, 3.63) is 18.3 Å². The molecule has 5 heteroatoms. The lowest BCUT2D eigenvalue weighted by molar-refractivity contribution is -0.141. The highest BCUT2D eigenvalue weighted by molar-refractivity contribution is 5.78. The van der Waals surface area contributed by atoms with E-state index >= 15 is 0 Å². The van der Waals surface area contributed by atoms with Gasteiger partial charge in [0.15, 0.2) is 0 Å². The molecule has 94 valence electrons. The van der Waals surface area contributed by atoms with Gasteiger partial charge in [-0.25, -0.2) is 9.78 Å². The smallest absolute Gasteiger partial charge is 0.328 e. The van der Waals surface area contributed by atoms with E-state index in [1.807, 2.05) is 13.8 Å². The van der Waals surface area contributed by atoms with Crippen molar-refractivity contribution < 1.29 is 9.53 Å². The summed E-state index contributed by atoms with van der Waals surface area (Å²) >= 11 is 0. The first-order valence-electron chi connectivity index (χ1n) is 5.58. The van der Waals surface area contributed by atoms with Crippen LogP contribution in [0.4, 0.5) is 11.5 Å². The van der Waals surface area contributed by atoms with E-state index < -0.39 is 0 Å². The molecule has 0 aliphatic rings. The summed E-state index contributed by atoms with van der Waals surface area (Å²) in [6.45, 7) is 4.10. The van der Waals surface area contributed by atoms with Crippen LogP contribution in [0, 0.1) is 5.92 Å². The maximum atomic E-state index is 11.6. The van der Waals surface area contributed by atoms with Crippen molar-refractivity contribution in [2.45, 2.75) is 26.3 Å². The monoisotopic (exact) mass is 237 g/mol. The van der Waals surface area contributed by atoms with Crippen LogP contribution in [0.25, 0.3) is 0 Å². The second-order valence-electron chi connectivity index (χ2n) is 4.33. The highest BCUT2D eigenvalue weighted by Crippen LogP contribution is 2.13. The Labute approximate surface area is 101 Å². The van der Waals surface area contributed by atoms with Crippen LogP contribution in [-0.2, 0) is 9.53 Å². The first-order valence-corrected chi connectivity index (χ1v) is 5.58. The minimum Gasteiger partial charge on any atom is -0.467 e. The van der Waals surface area contributed by atoms with Crippen LogP contribution in [0.2, 0.25) is 0 Å². The van der Waals surface area contributed by atoms with E-state index in [1.165, 1.54) is 7.11 Å². The van der Waals surface area contributed by atoms with Crippen molar-refractivity contribution in [2.24, 2.45) is 5.92 Å². The van der Waals surface area contributed by atoms with Gasteiger partial charge in [-0.05, 0) is 24.5 Å². The predicted molar refractivity (Wildman–Crippen MR) is 67.5 cm³/mol. The average molecular weight is 237 g/mol. The van der Waals surface area contributed by atoms with Crippen LogP contribution in [0.5, 0.6) is 0 Å². The van der Waals surface area contributed by atoms with Gasteiger partial charge in [0.1, 0.15) is 11.9 Å². The molecule has 0 aliphatic carbocycles. The summed E-state index contributed by atoms with van der Waals surface area (Å²) in [6.07, 6.45) is 2.24. The predicted octanol–water partition coefficient (Wildman–Crippen LogP) is 1.66. The lowest BCUT2D eigenvalue weighted by atomic mass is 10.0. The Morgan fingerprint density at radius 3 is 2.71 bits per heavy atom. The molecule has 1 atom stereocenters. The number of nitrogens with zero attached hydrogens (tertiary/aromatic N) is 1. The Morgan fingerprint density at radius 2 is 2.24 bits per heavy atom. The van der Waals surface area contributed by atoms with Crippen molar-refractivity contribution in [3.8, 4) is 0 Å². The Kier molecular flexibility index (Phi) is 4.75. The van der Waals surface area contributed by atoms with E-state index in [-0.39, 0.29) is 12.0 Å². The second kappa shape index (κ2) is 6.08. The molecule has 0 saturated heterocycles. The van der Waals surface area contributed by atoms with Gasteiger partial charge in [-0.15, -0.1) is 0 Å². The normalized spacial score (nSPS) is 12.2. The summed E-state index contributed by atoms with van der Waals surface area (Å²) in [6, 6.07) is 3.10. The van der Waals surface area contributed by atoms with Gasteiger partial charge in [0.25, 0.3) is 0 Å². The molecule has 1 aromatic heterocycles. The van der Waals surface area contributed by atoms with Gasteiger partial charge in [0.2, 0.25) is 0 Å². The highest BCUT2D eigenvalue weighted by atomic mass is 16.5. The number of carbonyl (C=O) groups is 1. The summed E-state index contributed by atoms with van der Waals surface area (Å²) in [4.78, 5) is 15.7. The number of nitrogen functional groups attached to an aromatic ring is 1. The zero-order valence-corrected chi connectivity index (χ0v) is 10.4. The van der Waals surface area contributed by atoms with Crippen LogP contribution in [0.3, 0.4) is 0 Å². The molecule has 0 fully saturated rings. The van der Waals surface area contributed by atoms with E-state index in [1.54, 1.807) is 18.3 Å². The number of hydrogen-bond acceptors (Lipinski definition) is 5. The molecule has 0 radical (unpaired) electrons. The fourth-order valence-corrected chi connectivity index (χ4v) is 1.50. The number of hydrogen-bond donors (Lipinski definition) is 2. The summed E-state index contributed by atoms with van der Waals surface area (Å²) < 4.78 is 4.76. The second-order valence-corrected chi connectivity index (χ2v) is 4.33. The third-order valence-electron chi connectivity index (χ3n) is 2.30. The Bertz CT molecular complexity index is 363. The maximum Gasteiger partial charge on any atom is 0.328 e. The topological polar surface area (TPSA) is 77.2 Å². The van der Waals surface area contributed by atoms with Gasteiger partial charge in [0, 0.05) is 0 Å². The van der Waals surface area contributed by atoms with Gasteiger partial charge in [-0.2, -0.15) is 0 Å². The maximum absolute atomic E-state index is 11.6. The van der Waals surface area contributed by atoms with Gasteiger partial charge in [0.05, 0.1) is 19.0 Å². The Morgan fingerprint density at radius 1 is 1.53 bits per heavy atom. The Balaban J connectivity index is 2.71. The minimum absolute atomic E-state index is 0.280. The number of pyridine rings is 1. The van der Waals surface area contributed by atoms with E-state index in [9.17, 15) is 4.79 Å². The number of methoxy groups -OCH3 is 1. The molecule has 0 aliphatic heterocycles. The average Bonchev–Trinajstić information content (AvgIpc) is 2.29. The number of carbonyl (C=O) groups excluding carboxylic acids is 1. The minimum atomic E-state index is -0.379. The molecular weight excluding hydrogens is 218 g/mol. The number of nitrogens with two attached hydrogens (primary N) is 1. The molecule has 0 aromatic carbocycles. The molecule has 0 spiro atoms. The molecule has 0 bridgehead atoms. The van der Waals surface area contributed by atoms with Crippen LogP contribution < -0.4 is 11.1 Å². The van der Waals surface area contributed by atoms with Crippen LogP contribution >= 0.6 is 0 Å². The van der Waals surface area contributed by atoms with E-state index in [2.05, 4.69) is 10.3 Å². The molecule has 1 rings (SSSR count). The fraction of sp³-hybridized carbons (Fsp3) is 0.500. The molecule has 3 N–H and O–H groups in total. The van der Waals surface area contributed by atoms with Crippen molar-refractivity contribution in [1.29, 1.82) is 0 Å². The van der Waals surface area contributed by atoms with Gasteiger partial charge >= 0.3 is 5.97 Å². The molecule has 5 nitrogen and oxygen atoms in total.